The molecule has 4 heterocycles. The predicted octanol–water partition coefficient (Wildman–Crippen LogP) is 2.76. The summed E-state index contributed by atoms with van der Waals surface area (Å²) in [5, 5.41) is 4.29. The molecule has 0 saturated carbocycles. The first-order chi connectivity index (χ1) is 13.6. The van der Waals surface area contributed by atoms with Gasteiger partial charge in [-0.2, -0.15) is 0 Å². The van der Waals surface area contributed by atoms with Crippen molar-refractivity contribution in [3.63, 3.8) is 0 Å². The highest BCUT2D eigenvalue weighted by molar-refractivity contribution is 9.10. The van der Waals surface area contributed by atoms with E-state index in [-0.39, 0.29) is 23.8 Å². The molecule has 6 rings (SSSR count). The minimum atomic E-state index is -0.507. The first-order valence-corrected chi connectivity index (χ1v) is 10.0. The Morgan fingerprint density at radius 3 is 2.21 bits per heavy atom. The molecular formula is C21H15BrN2O4. The molecule has 2 amide bonds. The summed E-state index contributed by atoms with van der Waals surface area (Å²) in [4.78, 5) is 33.4. The van der Waals surface area contributed by atoms with Crippen LogP contribution in [0.3, 0.4) is 0 Å². The first kappa shape index (κ1) is 16.4. The van der Waals surface area contributed by atoms with Crippen molar-refractivity contribution in [3.05, 3.63) is 64.6 Å². The molecule has 0 N–H and O–H groups in total. The summed E-state index contributed by atoms with van der Waals surface area (Å²) in [7, 11) is 0. The van der Waals surface area contributed by atoms with E-state index in [2.05, 4.69) is 21.1 Å². The van der Waals surface area contributed by atoms with Crippen LogP contribution in [0.2, 0.25) is 0 Å². The summed E-state index contributed by atoms with van der Waals surface area (Å²) in [5.41, 5.74) is 2.36. The van der Waals surface area contributed by atoms with Gasteiger partial charge in [-0.1, -0.05) is 51.4 Å². The number of hydrogen-bond acceptors (Lipinski definition) is 5. The van der Waals surface area contributed by atoms with Gasteiger partial charge in [0.1, 0.15) is 6.10 Å². The summed E-state index contributed by atoms with van der Waals surface area (Å²) in [6.07, 6.45) is -1.15. The number of carbonyl (C=O) groups is 2. The van der Waals surface area contributed by atoms with Crippen LogP contribution in [0.15, 0.2) is 64.2 Å². The van der Waals surface area contributed by atoms with Gasteiger partial charge in [0.05, 0.1) is 35.3 Å². The topological polar surface area (TPSA) is 68.2 Å². The lowest BCUT2D eigenvalue weighted by Crippen LogP contribution is -2.45. The lowest BCUT2D eigenvalue weighted by molar-refractivity contribution is -0.125. The number of nitrogens with zero attached hydrogens (tertiary/aromatic N) is 2. The predicted molar refractivity (Wildman–Crippen MR) is 104 cm³/mol. The molecular weight excluding hydrogens is 424 g/mol. The van der Waals surface area contributed by atoms with Gasteiger partial charge in [0.25, 0.3) is 0 Å². The van der Waals surface area contributed by atoms with Crippen molar-refractivity contribution in [2.45, 2.75) is 18.3 Å². The largest absolute Gasteiger partial charge is 0.389 e. The zero-order valence-corrected chi connectivity index (χ0v) is 16.2. The lowest BCUT2D eigenvalue weighted by atomic mass is 9.71. The van der Waals surface area contributed by atoms with Crippen molar-refractivity contribution >= 4 is 39.1 Å². The molecule has 140 valence electrons. The average molecular weight is 439 g/mol. The molecule has 0 spiro atoms. The number of imide groups is 1. The van der Waals surface area contributed by atoms with Crippen LogP contribution in [0, 0.1) is 17.8 Å². The fourth-order valence-electron chi connectivity index (χ4n) is 5.05. The Kier molecular flexibility index (Phi) is 3.38. The molecule has 7 heteroatoms. The number of hydrogen-bond donors (Lipinski definition) is 0. The third-order valence-corrected chi connectivity index (χ3v) is 6.72. The van der Waals surface area contributed by atoms with E-state index in [0.29, 0.717) is 5.69 Å². The number of carbonyl (C=O) groups excluding carboxylic acids is 2. The maximum absolute atomic E-state index is 13.2. The molecule has 0 unspecified atom stereocenters. The Morgan fingerprint density at radius 2 is 1.50 bits per heavy atom. The fourth-order valence-corrected chi connectivity index (χ4v) is 5.31. The smallest absolute Gasteiger partial charge is 0.240 e. The third-order valence-electron chi connectivity index (χ3n) is 6.19. The second-order valence-corrected chi connectivity index (χ2v) is 8.46. The van der Waals surface area contributed by atoms with Gasteiger partial charge in [-0.15, -0.1) is 0 Å². The van der Waals surface area contributed by atoms with Crippen molar-refractivity contribution in [2.24, 2.45) is 22.9 Å². The van der Waals surface area contributed by atoms with Crippen LogP contribution in [0.25, 0.3) is 0 Å². The lowest BCUT2D eigenvalue weighted by Gasteiger charge is -2.26. The number of anilines is 1. The van der Waals surface area contributed by atoms with Crippen LogP contribution < -0.4 is 4.90 Å². The van der Waals surface area contributed by atoms with Gasteiger partial charge >= 0.3 is 0 Å². The SMILES string of the molecule is O=C1[C@@H]2[C@@H]3O[C@@H]([C@H]4C(c5ccccc5)=NO[C@@H]34)[C@@H]2C(=O)N1c1ccc(Br)cc1. The minimum Gasteiger partial charge on any atom is -0.389 e. The number of benzene rings is 2. The Morgan fingerprint density at radius 1 is 0.821 bits per heavy atom. The van der Waals surface area contributed by atoms with Gasteiger partial charge in [0.15, 0.2) is 6.10 Å². The van der Waals surface area contributed by atoms with E-state index < -0.39 is 24.0 Å². The highest BCUT2D eigenvalue weighted by Gasteiger charge is 2.72. The van der Waals surface area contributed by atoms with Gasteiger partial charge in [-0.25, -0.2) is 4.90 Å². The first-order valence-electron chi connectivity index (χ1n) is 9.23. The molecule has 3 fully saturated rings. The van der Waals surface area contributed by atoms with Crippen LogP contribution in [0.5, 0.6) is 0 Å². The molecule has 4 aliphatic rings. The standard InChI is InChI=1S/C21H15BrN2O4/c22-11-6-8-12(9-7-11)24-20(25)13-14(21(24)26)18-19-15(17(13)27-18)16(23-28-19)10-4-2-1-3-5-10/h1-9,13-15,17-19H/t13-,14+,15-,17-,18+,19-/m1/s1. The molecule has 0 aliphatic carbocycles. The monoisotopic (exact) mass is 438 g/mol. The van der Waals surface area contributed by atoms with E-state index in [4.69, 9.17) is 9.57 Å². The Labute approximate surface area is 169 Å². The van der Waals surface area contributed by atoms with Gasteiger partial charge in [-0.3, -0.25) is 9.59 Å². The molecule has 6 atom stereocenters. The highest BCUT2D eigenvalue weighted by atomic mass is 79.9. The highest BCUT2D eigenvalue weighted by Crippen LogP contribution is 2.55. The number of oxime groups is 1. The van der Waals surface area contributed by atoms with E-state index in [1.54, 1.807) is 12.1 Å². The van der Waals surface area contributed by atoms with Crippen LogP contribution in [-0.4, -0.2) is 35.8 Å². The zero-order valence-electron chi connectivity index (χ0n) is 14.6. The van der Waals surface area contributed by atoms with E-state index in [0.717, 1.165) is 15.7 Å². The van der Waals surface area contributed by atoms with Crippen LogP contribution in [0.1, 0.15) is 5.56 Å². The van der Waals surface area contributed by atoms with Gasteiger partial charge in [0, 0.05) is 4.47 Å². The maximum atomic E-state index is 13.2. The molecule has 6 nitrogen and oxygen atoms in total. The number of ether oxygens (including phenoxy) is 1. The number of amides is 2. The summed E-state index contributed by atoms with van der Waals surface area (Å²) in [6.45, 7) is 0. The molecule has 4 aliphatic heterocycles. The van der Waals surface area contributed by atoms with Gasteiger partial charge < -0.3 is 9.57 Å². The van der Waals surface area contributed by atoms with Gasteiger partial charge in [0.2, 0.25) is 11.8 Å². The molecule has 0 aromatic heterocycles. The molecule has 2 aromatic rings. The van der Waals surface area contributed by atoms with Crippen molar-refractivity contribution in [1.82, 2.24) is 0 Å². The summed E-state index contributed by atoms with van der Waals surface area (Å²) in [6, 6.07) is 17.0. The van der Waals surface area contributed by atoms with E-state index in [1.807, 2.05) is 42.5 Å². The fraction of sp³-hybridized carbons (Fsp3) is 0.286. The number of rotatable bonds is 2. The van der Waals surface area contributed by atoms with E-state index in [9.17, 15) is 9.59 Å². The van der Waals surface area contributed by atoms with Crippen LogP contribution in [-0.2, 0) is 19.2 Å². The number of halogens is 1. The van der Waals surface area contributed by atoms with Crippen molar-refractivity contribution in [2.75, 3.05) is 4.90 Å². The molecule has 2 bridgehead atoms. The zero-order chi connectivity index (χ0) is 19.0. The van der Waals surface area contributed by atoms with E-state index in [1.165, 1.54) is 4.90 Å². The summed E-state index contributed by atoms with van der Waals surface area (Å²) < 4.78 is 7.01. The maximum Gasteiger partial charge on any atom is 0.240 e. The Hall–Kier alpha value is -2.51. The normalized spacial score (nSPS) is 35.0. The second kappa shape index (κ2) is 5.75. The van der Waals surface area contributed by atoms with Crippen molar-refractivity contribution in [3.8, 4) is 0 Å². The van der Waals surface area contributed by atoms with Crippen molar-refractivity contribution in [1.29, 1.82) is 0 Å². The summed E-state index contributed by atoms with van der Waals surface area (Å²) in [5.74, 6) is -1.52. The second-order valence-electron chi connectivity index (χ2n) is 7.54. The van der Waals surface area contributed by atoms with Crippen molar-refractivity contribution < 1.29 is 19.2 Å². The molecule has 28 heavy (non-hydrogen) atoms. The molecule has 2 aromatic carbocycles. The van der Waals surface area contributed by atoms with Gasteiger partial charge in [-0.05, 0) is 29.8 Å². The molecule has 0 radical (unpaired) electrons. The van der Waals surface area contributed by atoms with E-state index >= 15 is 0 Å². The summed E-state index contributed by atoms with van der Waals surface area (Å²) >= 11 is 3.39. The number of fused-ring (bicyclic) bond motifs is 8. The Balaban J connectivity index is 1.36. The third kappa shape index (κ3) is 2.03. The minimum absolute atomic E-state index is 0.129. The van der Waals surface area contributed by atoms with Crippen LogP contribution >= 0.6 is 15.9 Å². The quantitative estimate of drug-likeness (QED) is 0.676. The average Bonchev–Trinajstić information content (AvgIpc) is 3.44. The molecule has 3 saturated heterocycles. The van der Waals surface area contributed by atoms with Crippen LogP contribution in [0.4, 0.5) is 5.69 Å². The Bertz CT molecular complexity index is 1020.